The fraction of sp³-hybridized carbons (Fsp3) is 1.00. The van der Waals surface area contributed by atoms with E-state index in [9.17, 15) is 5.11 Å². The van der Waals surface area contributed by atoms with Crippen LogP contribution in [-0.2, 0) is 0 Å². The summed E-state index contributed by atoms with van der Waals surface area (Å²) in [6.45, 7) is 9.83. The second-order valence-electron chi connectivity index (χ2n) is 5.82. The van der Waals surface area contributed by atoms with Crippen molar-refractivity contribution in [1.29, 1.82) is 0 Å². The molecule has 0 aromatic rings. The monoisotopic (exact) mass is 198 g/mol. The van der Waals surface area contributed by atoms with E-state index in [0.29, 0.717) is 17.5 Å². The van der Waals surface area contributed by atoms with Gasteiger partial charge in [0.1, 0.15) is 0 Å². The molecule has 3 nitrogen and oxygen atoms in total. The molecule has 3 heteroatoms. The molecule has 2 fully saturated rings. The summed E-state index contributed by atoms with van der Waals surface area (Å²) in [5, 5.41) is 13.2. The van der Waals surface area contributed by atoms with Crippen LogP contribution in [0.25, 0.3) is 0 Å². The van der Waals surface area contributed by atoms with Crippen molar-refractivity contribution in [3.8, 4) is 0 Å². The van der Waals surface area contributed by atoms with Gasteiger partial charge in [-0.05, 0) is 11.8 Å². The summed E-state index contributed by atoms with van der Waals surface area (Å²) in [7, 11) is 0. The molecule has 14 heavy (non-hydrogen) atoms. The molecule has 3 unspecified atom stereocenters. The van der Waals surface area contributed by atoms with Crippen molar-refractivity contribution in [2.45, 2.75) is 45.4 Å². The number of fused-ring (bicyclic) bond motifs is 1. The maximum absolute atomic E-state index is 9.58. The van der Waals surface area contributed by atoms with Crippen LogP contribution >= 0.6 is 0 Å². The van der Waals surface area contributed by atoms with Crippen LogP contribution in [0.5, 0.6) is 0 Å². The van der Waals surface area contributed by atoms with E-state index in [1.54, 1.807) is 0 Å². The van der Waals surface area contributed by atoms with E-state index >= 15 is 0 Å². The van der Waals surface area contributed by atoms with Gasteiger partial charge in [-0.25, -0.2) is 0 Å². The van der Waals surface area contributed by atoms with E-state index in [2.05, 4.69) is 31.0 Å². The van der Waals surface area contributed by atoms with E-state index in [1.165, 1.54) is 0 Å². The Labute approximate surface area is 86.5 Å². The molecule has 82 valence electrons. The molecule has 0 bridgehead atoms. The first-order valence-electron chi connectivity index (χ1n) is 5.62. The lowest BCUT2D eigenvalue weighted by Gasteiger charge is -2.42. The molecular weight excluding hydrogens is 176 g/mol. The number of rotatable bonds is 0. The number of piperazine rings is 1. The highest BCUT2D eigenvalue weighted by atomic mass is 16.3. The Morgan fingerprint density at radius 1 is 1.29 bits per heavy atom. The fourth-order valence-corrected chi connectivity index (χ4v) is 2.55. The number of hydrogen-bond acceptors (Lipinski definition) is 3. The van der Waals surface area contributed by atoms with Crippen molar-refractivity contribution in [3.63, 3.8) is 0 Å². The zero-order chi connectivity index (χ0) is 10.3. The molecule has 0 aliphatic carbocycles. The van der Waals surface area contributed by atoms with Gasteiger partial charge in [0.15, 0.2) is 0 Å². The predicted molar refractivity (Wildman–Crippen MR) is 57.2 cm³/mol. The van der Waals surface area contributed by atoms with Crippen LogP contribution < -0.4 is 5.32 Å². The normalized spacial score (nSPS) is 39.9. The summed E-state index contributed by atoms with van der Waals surface area (Å²) in [5.74, 6) is 0. The summed E-state index contributed by atoms with van der Waals surface area (Å²) in [4.78, 5) is 2.44. The zero-order valence-electron chi connectivity index (χ0n) is 9.45. The van der Waals surface area contributed by atoms with Crippen LogP contribution in [0.4, 0.5) is 0 Å². The van der Waals surface area contributed by atoms with Gasteiger partial charge in [-0.2, -0.15) is 0 Å². The highest BCUT2D eigenvalue weighted by molar-refractivity contribution is 4.96. The predicted octanol–water partition coefficient (Wildman–Crippen LogP) is 0.439. The number of nitrogens with one attached hydrogen (secondary N) is 1. The van der Waals surface area contributed by atoms with Gasteiger partial charge < -0.3 is 10.4 Å². The molecule has 0 aromatic carbocycles. The summed E-state index contributed by atoms with van der Waals surface area (Å²) in [6.07, 6.45) is 0.852. The molecule has 2 aliphatic rings. The minimum Gasteiger partial charge on any atom is -0.392 e. The van der Waals surface area contributed by atoms with E-state index in [4.69, 9.17) is 0 Å². The summed E-state index contributed by atoms with van der Waals surface area (Å²) < 4.78 is 0. The topological polar surface area (TPSA) is 35.5 Å². The van der Waals surface area contributed by atoms with E-state index in [0.717, 1.165) is 26.1 Å². The average molecular weight is 198 g/mol. The zero-order valence-corrected chi connectivity index (χ0v) is 9.45. The Balaban J connectivity index is 1.98. The lowest BCUT2D eigenvalue weighted by atomic mass is 9.85. The van der Waals surface area contributed by atoms with Gasteiger partial charge in [-0.3, -0.25) is 4.90 Å². The average Bonchev–Trinajstić information content (AvgIpc) is 2.41. The molecule has 0 amide bonds. The van der Waals surface area contributed by atoms with Gasteiger partial charge in [0, 0.05) is 31.7 Å². The molecule has 2 N–H and O–H groups in total. The number of aliphatic hydroxyl groups is 1. The lowest BCUT2D eigenvalue weighted by Crippen LogP contribution is -2.58. The van der Waals surface area contributed by atoms with Crippen LogP contribution in [0.2, 0.25) is 0 Å². The standard InChI is InChI=1S/C11H22N2O/c1-11(2,3)10-7-13-6-9(14)4-8(13)5-12-10/h8-10,12,14H,4-7H2,1-3H3. The van der Waals surface area contributed by atoms with Crippen molar-refractivity contribution < 1.29 is 5.11 Å². The summed E-state index contributed by atoms with van der Waals surface area (Å²) in [6, 6.07) is 1.13. The fourth-order valence-electron chi connectivity index (χ4n) is 2.55. The second-order valence-corrected chi connectivity index (χ2v) is 5.82. The molecular formula is C11H22N2O. The molecule has 0 aromatic heterocycles. The first kappa shape index (κ1) is 10.4. The summed E-state index contributed by atoms with van der Waals surface area (Å²) in [5.41, 5.74) is 0.318. The molecule has 3 atom stereocenters. The Morgan fingerprint density at radius 2 is 2.00 bits per heavy atom. The van der Waals surface area contributed by atoms with Crippen molar-refractivity contribution in [3.05, 3.63) is 0 Å². The van der Waals surface area contributed by atoms with Crippen molar-refractivity contribution >= 4 is 0 Å². The lowest BCUT2D eigenvalue weighted by molar-refractivity contribution is 0.109. The molecule has 2 rings (SSSR count). The first-order valence-corrected chi connectivity index (χ1v) is 5.62. The Bertz CT molecular complexity index is 212. The van der Waals surface area contributed by atoms with Crippen LogP contribution in [0, 0.1) is 5.41 Å². The van der Waals surface area contributed by atoms with Gasteiger partial charge in [-0.1, -0.05) is 20.8 Å². The van der Waals surface area contributed by atoms with Crippen molar-refractivity contribution in [2.75, 3.05) is 19.6 Å². The van der Waals surface area contributed by atoms with Gasteiger partial charge in [0.2, 0.25) is 0 Å². The maximum Gasteiger partial charge on any atom is 0.0682 e. The van der Waals surface area contributed by atoms with Gasteiger partial charge in [0.05, 0.1) is 6.10 Å². The minimum atomic E-state index is -0.0967. The van der Waals surface area contributed by atoms with Crippen LogP contribution in [0.15, 0.2) is 0 Å². The Morgan fingerprint density at radius 3 is 2.64 bits per heavy atom. The third kappa shape index (κ3) is 1.95. The second kappa shape index (κ2) is 3.47. The summed E-state index contributed by atoms with van der Waals surface area (Å²) >= 11 is 0. The smallest absolute Gasteiger partial charge is 0.0682 e. The number of aliphatic hydroxyl groups excluding tert-OH is 1. The third-order valence-corrected chi connectivity index (χ3v) is 3.57. The van der Waals surface area contributed by atoms with Gasteiger partial charge >= 0.3 is 0 Å². The number of nitrogens with zero attached hydrogens (tertiary/aromatic N) is 1. The SMILES string of the molecule is CC(C)(C)C1CN2CC(O)CC2CN1. The molecule has 0 radical (unpaired) electrons. The molecule has 0 spiro atoms. The molecule has 0 saturated carbocycles. The van der Waals surface area contributed by atoms with Gasteiger partial charge in [0.25, 0.3) is 0 Å². The Kier molecular flexibility index (Phi) is 2.58. The van der Waals surface area contributed by atoms with E-state index < -0.39 is 0 Å². The molecule has 2 heterocycles. The first-order chi connectivity index (χ1) is 6.47. The highest BCUT2D eigenvalue weighted by Crippen LogP contribution is 2.27. The molecule has 2 aliphatic heterocycles. The van der Waals surface area contributed by atoms with Crippen molar-refractivity contribution in [2.24, 2.45) is 5.41 Å². The van der Waals surface area contributed by atoms with E-state index in [1.807, 2.05) is 0 Å². The highest BCUT2D eigenvalue weighted by Gasteiger charge is 2.38. The van der Waals surface area contributed by atoms with Crippen LogP contribution in [0.1, 0.15) is 27.2 Å². The van der Waals surface area contributed by atoms with E-state index in [-0.39, 0.29) is 6.10 Å². The third-order valence-electron chi connectivity index (χ3n) is 3.57. The minimum absolute atomic E-state index is 0.0967. The van der Waals surface area contributed by atoms with Crippen molar-refractivity contribution in [1.82, 2.24) is 10.2 Å². The quantitative estimate of drug-likeness (QED) is 0.593. The van der Waals surface area contributed by atoms with Crippen LogP contribution in [0.3, 0.4) is 0 Å². The maximum atomic E-state index is 9.58. The van der Waals surface area contributed by atoms with Crippen LogP contribution in [-0.4, -0.2) is 47.8 Å². The molecule has 2 saturated heterocycles. The van der Waals surface area contributed by atoms with Gasteiger partial charge in [-0.15, -0.1) is 0 Å². The Hall–Kier alpha value is -0.120. The number of hydrogen-bond donors (Lipinski definition) is 2. The largest absolute Gasteiger partial charge is 0.392 e.